The van der Waals surface area contributed by atoms with Gasteiger partial charge in [-0.05, 0) is 26.0 Å². The highest BCUT2D eigenvalue weighted by molar-refractivity contribution is 7.17. The predicted molar refractivity (Wildman–Crippen MR) is 106 cm³/mol. The number of nitrogens with zero attached hydrogens (tertiary/aromatic N) is 2. The van der Waals surface area contributed by atoms with Gasteiger partial charge in [-0.1, -0.05) is 12.1 Å². The zero-order chi connectivity index (χ0) is 20.3. The van der Waals surface area contributed by atoms with E-state index in [2.05, 4.69) is 10.3 Å². The highest BCUT2D eigenvalue weighted by atomic mass is 32.1. The standard InChI is InChI=1S/C19H19N3O5S/c1-4-27-19(25)12-9-28-17-15(12)18(24)22(10-20-17)11(2)16(23)21-13-7-5-6-8-14(13)26-3/h5-11H,4H2,1-3H3,(H,21,23). The molecule has 0 radical (unpaired) electrons. The Hall–Kier alpha value is -3.20. The van der Waals surface area contributed by atoms with Crippen LogP contribution in [0.5, 0.6) is 5.75 Å². The fourth-order valence-electron chi connectivity index (χ4n) is 2.69. The first kappa shape index (κ1) is 19.6. The zero-order valence-electron chi connectivity index (χ0n) is 15.6. The number of carbonyl (C=O) groups is 2. The van der Waals surface area contributed by atoms with Crippen LogP contribution in [0, 0.1) is 0 Å². The van der Waals surface area contributed by atoms with Gasteiger partial charge in [0.25, 0.3) is 5.56 Å². The lowest BCUT2D eigenvalue weighted by Gasteiger charge is -2.16. The minimum atomic E-state index is -0.857. The number of hydrogen-bond acceptors (Lipinski definition) is 7. The number of carbonyl (C=O) groups excluding carboxylic acids is 2. The van der Waals surface area contributed by atoms with Crippen molar-refractivity contribution in [1.82, 2.24) is 9.55 Å². The minimum absolute atomic E-state index is 0.155. The number of rotatable bonds is 6. The highest BCUT2D eigenvalue weighted by Gasteiger charge is 2.23. The smallest absolute Gasteiger partial charge is 0.339 e. The minimum Gasteiger partial charge on any atom is -0.495 e. The third kappa shape index (κ3) is 3.61. The summed E-state index contributed by atoms with van der Waals surface area (Å²) >= 11 is 1.18. The molecule has 0 aliphatic rings. The summed E-state index contributed by atoms with van der Waals surface area (Å²) in [4.78, 5) is 42.4. The van der Waals surface area contributed by atoms with Crippen LogP contribution >= 0.6 is 11.3 Å². The molecule has 1 aromatic carbocycles. The van der Waals surface area contributed by atoms with Crippen LogP contribution in [0.25, 0.3) is 10.2 Å². The Morgan fingerprint density at radius 3 is 2.79 bits per heavy atom. The van der Waals surface area contributed by atoms with Gasteiger partial charge in [0.2, 0.25) is 5.91 Å². The van der Waals surface area contributed by atoms with Crippen molar-refractivity contribution in [2.75, 3.05) is 19.0 Å². The van der Waals surface area contributed by atoms with Gasteiger partial charge in [-0.2, -0.15) is 0 Å². The Labute approximate surface area is 164 Å². The molecule has 0 saturated carbocycles. The number of amides is 1. The maximum atomic E-state index is 13.0. The molecular weight excluding hydrogens is 382 g/mol. The number of benzene rings is 1. The molecule has 1 unspecified atom stereocenters. The van der Waals surface area contributed by atoms with Gasteiger partial charge in [-0.3, -0.25) is 14.2 Å². The number of methoxy groups -OCH3 is 1. The van der Waals surface area contributed by atoms with E-state index in [-0.39, 0.29) is 17.6 Å². The Morgan fingerprint density at radius 1 is 1.32 bits per heavy atom. The molecule has 1 amide bonds. The number of para-hydroxylation sites is 2. The Morgan fingerprint density at radius 2 is 2.07 bits per heavy atom. The largest absolute Gasteiger partial charge is 0.495 e. The second kappa shape index (κ2) is 8.22. The number of thiophene rings is 1. The maximum absolute atomic E-state index is 13.0. The molecular formula is C19H19N3O5S. The number of anilines is 1. The molecule has 1 atom stereocenters. The summed E-state index contributed by atoms with van der Waals surface area (Å²) in [6.07, 6.45) is 1.31. The molecule has 0 spiro atoms. The monoisotopic (exact) mass is 401 g/mol. The molecule has 1 N–H and O–H groups in total. The van der Waals surface area contributed by atoms with Crippen molar-refractivity contribution in [3.05, 3.63) is 51.9 Å². The number of esters is 1. The summed E-state index contributed by atoms with van der Waals surface area (Å²) in [6.45, 7) is 3.46. The fraction of sp³-hybridized carbons (Fsp3) is 0.263. The maximum Gasteiger partial charge on any atom is 0.339 e. The molecule has 28 heavy (non-hydrogen) atoms. The quantitative estimate of drug-likeness (QED) is 0.638. The van der Waals surface area contributed by atoms with Crippen molar-refractivity contribution in [3.8, 4) is 5.75 Å². The van der Waals surface area contributed by atoms with E-state index in [0.717, 1.165) is 0 Å². The second-order valence-corrected chi connectivity index (χ2v) is 6.73. The molecule has 8 nitrogen and oxygen atoms in total. The molecule has 146 valence electrons. The van der Waals surface area contributed by atoms with Crippen molar-refractivity contribution < 1.29 is 19.1 Å². The van der Waals surface area contributed by atoms with Crippen LogP contribution in [-0.4, -0.2) is 35.1 Å². The predicted octanol–water partition coefficient (Wildman–Crippen LogP) is 2.84. The number of fused-ring (bicyclic) bond motifs is 1. The summed E-state index contributed by atoms with van der Waals surface area (Å²) in [5, 5.41) is 4.44. The summed E-state index contributed by atoms with van der Waals surface area (Å²) in [5.41, 5.74) is 0.176. The van der Waals surface area contributed by atoms with Crippen molar-refractivity contribution in [2.24, 2.45) is 0 Å². The lowest BCUT2D eigenvalue weighted by atomic mass is 10.2. The van der Waals surface area contributed by atoms with E-state index in [1.807, 2.05) is 0 Å². The number of ether oxygens (including phenoxy) is 2. The first-order valence-electron chi connectivity index (χ1n) is 8.57. The average Bonchev–Trinajstić information content (AvgIpc) is 3.13. The molecule has 3 rings (SSSR count). The second-order valence-electron chi connectivity index (χ2n) is 5.87. The van der Waals surface area contributed by atoms with Crippen LogP contribution in [0.1, 0.15) is 30.2 Å². The van der Waals surface area contributed by atoms with Gasteiger partial charge in [0, 0.05) is 5.38 Å². The van der Waals surface area contributed by atoms with Crippen molar-refractivity contribution >= 4 is 39.1 Å². The molecule has 9 heteroatoms. The summed E-state index contributed by atoms with van der Waals surface area (Å²) < 4.78 is 11.4. The fourth-order valence-corrected chi connectivity index (χ4v) is 3.56. The van der Waals surface area contributed by atoms with Crippen molar-refractivity contribution in [3.63, 3.8) is 0 Å². The van der Waals surface area contributed by atoms with E-state index in [9.17, 15) is 14.4 Å². The summed E-state index contributed by atoms with van der Waals surface area (Å²) in [6, 6.07) is 6.11. The van der Waals surface area contributed by atoms with Gasteiger partial charge in [0.05, 0.1) is 36.7 Å². The molecule has 0 aliphatic carbocycles. The summed E-state index contributed by atoms with van der Waals surface area (Å²) in [7, 11) is 1.50. The lowest BCUT2D eigenvalue weighted by molar-refractivity contribution is -0.118. The van der Waals surface area contributed by atoms with Crippen molar-refractivity contribution in [2.45, 2.75) is 19.9 Å². The molecule has 2 aromatic heterocycles. The van der Waals surface area contributed by atoms with Crippen LogP contribution in [0.4, 0.5) is 5.69 Å². The normalized spacial score (nSPS) is 11.8. The van der Waals surface area contributed by atoms with E-state index in [4.69, 9.17) is 9.47 Å². The first-order valence-corrected chi connectivity index (χ1v) is 9.45. The lowest BCUT2D eigenvalue weighted by Crippen LogP contribution is -2.32. The van der Waals surface area contributed by atoms with Crippen LogP contribution in [-0.2, 0) is 9.53 Å². The SMILES string of the molecule is CCOC(=O)c1csc2ncn(C(C)C(=O)Nc3ccccc3OC)c(=O)c12. The van der Waals surface area contributed by atoms with E-state index in [1.165, 1.54) is 29.3 Å². The number of aromatic nitrogens is 2. The molecule has 0 saturated heterocycles. The molecule has 2 heterocycles. The zero-order valence-corrected chi connectivity index (χ0v) is 16.4. The van der Waals surface area contributed by atoms with E-state index < -0.39 is 23.5 Å². The molecule has 0 fully saturated rings. The third-order valence-corrected chi connectivity index (χ3v) is 5.06. The van der Waals surface area contributed by atoms with Crippen LogP contribution in [0.3, 0.4) is 0 Å². The Bertz CT molecular complexity index is 1090. The van der Waals surface area contributed by atoms with Gasteiger partial charge in [-0.25, -0.2) is 9.78 Å². The van der Waals surface area contributed by atoms with Gasteiger partial charge >= 0.3 is 5.97 Å². The number of hydrogen-bond donors (Lipinski definition) is 1. The van der Waals surface area contributed by atoms with Crippen molar-refractivity contribution in [1.29, 1.82) is 0 Å². The van der Waals surface area contributed by atoms with Gasteiger partial charge in [-0.15, -0.1) is 11.3 Å². The molecule has 3 aromatic rings. The van der Waals surface area contributed by atoms with Crippen LogP contribution in [0.2, 0.25) is 0 Å². The number of nitrogens with one attached hydrogen (secondary N) is 1. The van der Waals surface area contributed by atoms with E-state index >= 15 is 0 Å². The third-order valence-electron chi connectivity index (χ3n) is 4.18. The average molecular weight is 401 g/mol. The molecule has 0 bridgehead atoms. The van der Waals surface area contributed by atoms with E-state index in [1.54, 1.807) is 43.5 Å². The Kier molecular flexibility index (Phi) is 5.74. The van der Waals surface area contributed by atoms with Gasteiger partial charge in [0.1, 0.15) is 16.6 Å². The van der Waals surface area contributed by atoms with Crippen LogP contribution in [0.15, 0.2) is 40.8 Å². The Balaban J connectivity index is 1.95. The van der Waals surface area contributed by atoms with Crippen LogP contribution < -0.4 is 15.6 Å². The van der Waals surface area contributed by atoms with Gasteiger partial charge < -0.3 is 14.8 Å². The summed E-state index contributed by atoms with van der Waals surface area (Å²) in [5.74, 6) is -0.497. The van der Waals surface area contributed by atoms with E-state index in [0.29, 0.717) is 16.3 Å². The topological polar surface area (TPSA) is 99.5 Å². The molecule has 0 aliphatic heterocycles. The van der Waals surface area contributed by atoms with Gasteiger partial charge in [0.15, 0.2) is 0 Å². The first-order chi connectivity index (χ1) is 13.5. The highest BCUT2D eigenvalue weighted by Crippen LogP contribution is 2.25.